The van der Waals surface area contributed by atoms with Crippen molar-refractivity contribution in [1.82, 2.24) is 14.5 Å². The van der Waals surface area contributed by atoms with E-state index in [2.05, 4.69) is 9.97 Å². The van der Waals surface area contributed by atoms with Crippen molar-refractivity contribution in [1.29, 1.82) is 0 Å². The number of nitrogens with one attached hydrogen (secondary N) is 1. The second kappa shape index (κ2) is 7.55. The van der Waals surface area contributed by atoms with Crippen molar-refractivity contribution in [3.63, 3.8) is 0 Å². The van der Waals surface area contributed by atoms with Crippen LogP contribution in [-0.2, 0) is 6.54 Å². The third-order valence-corrected chi connectivity index (χ3v) is 4.30. The number of aromatic carboxylic acids is 1. The average molecular weight is 384 g/mol. The predicted octanol–water partition coefficient (Wildman–Crippen LogP) is 0.542. The Hall–Kier alpha value is -3.62. The molecule has 0 fully saturated rings. The quantitative estimate of drug-likeness (QED) is 0.657. The highest BCUT2D eigenvalue weighted by Crippen LogP contribution is 2.33. The van der Waals surface area contributed by atoms with E-state index < -0.39 is 17.2 Å². The van der Waals surface area contributed by atoms with Gasteiger partial charge in [-0.15, -0.1) is 0 Å². The van der Waals surface area contributed by atoms with Crippen LogP contribution in [0.2, 0.25) is 0 Å². The number of carboxylic acid groups (broad SMARTS) is 1. The van der Waals surface area contributed by atoms with E-state index in [1.807, 2.05) is 6.92 Å². The van der Waals surface area contributed by atoms with Crippen molar-refractivity contribution >= 4 is 17.0 Å². The minimum absolute atomic E-state index is 0.0230. The van der Waals surface area contributed by atoms with Crippen LogP contribution in [0.4, 0.5) is 0 Å². The SMILES string of the molecule is CCCn1c(=O)[nH]c(=O)c2c(C(=O)[O-])cc(-c3ccc(OC)cc3OC)nc21. The number of pyridine rings is 1. The Morgan fingerprint density at radius 3 is 2.57 bits per heavy atom. The minimum Gasteiger partial charge on any atom is -0.545 e. The minimum atomic E-state index is -1.55. The van der Waals surface area contributed by atoms with Gasteiger partial charge in [0.1, 0.15) is 11.5 Å². The van der Waals surface area contributed by atoms with Gasteiger partial charge in [-0.1, -0.05) is 6.92 Å². The van der Waals surface area contributed by atoms with Crippen LogP contribution in [0.1, 0.15) is 23.7 Å². The van der Waals surface area contributed by atoms with E-state index in [-0.39, 0.29) is 28.8 Å². The Kier molecular flexibility index (Phi) is 5.16. The smallest absolute Gasteiger partial charge is 0.329 e. The van der Waals surface area contributed by atoms with Crippen LogP contribution in [0.25, 0.3) is 22.3 Å². The largest absolute Gasteiger partial charge is 0.545 e. The molecule has 0 aliphatic carbocycles. The van der Waals surface area contributed by atoms with Crippen molar-refractivity contribution < 1.29 is 19.4 Å². The van der Waals surface area contributed by atoms with Crippen LogP contribution >= 0.6 is 0 Å². The number of carbonyl (C=O) groups excluding carboxylic acids is 1. The number of benzene rings is 1. The number of fused-ring (bicyclic) bond motifs is 1. The van der Waals surface area contributed by atoms with Gasteiger partial charge in [0.05, 0.1) is 31.3 Å². The Bertz CT molecular complexity index is 1180. The van der Waals surface area contributed by atoms with Crippen LogP contribution in [-0.4, -0.2) is 34.7 Å². The van der Waals surface area contributed by atoms with Crippen molar-refractivity contribution in [3.8, 4) is 22.8 Å². The number of aryl methyl sites for hydroxylation is 1. The van der Waals surface area contributed by atoms with Crippen molar-refractivity contribution in [2.45, 2.75) is 19.9 Å². The lowest BCUT2D eigenvalue weighted by molar-refractivity contribution is -0.254. The molecule has 0 unspecified atom stereocenters. The van der Waals surface area contributed by atoms with Gasteiger partial charge in [-0.25, -0.2) is 9.78 Å². The molecule has 0 radical (unpaired) electrons. The zero-order valence-electron chi connectivity index (χ0n) is 15.6. The van der Waals surface area contributed by atoms with Crippen LogP contribution < -0.4 is 25.8 Å². The van der Waals surface area contributed by atoms with E-state index >= 15 is 0 Å². The number of hydrogen-bond acceptors (Lipinski definition) is 7. The number of aromatic nitrogens is 3. The van der Waals surface area contributed by atoms with Gasteiger partial charge in [-0.2, -0.15) is 0 Å². The molecule has 28 heavy (non-hydrogen) atoms. The van der Waals surface area contributed by atoms with E-state index in [4.69, 9.17) is 9.47 Å². The zero-order chi connectivity index (χ0) is 20.4. The maximum atomic E-state index is 12.3. The molecule has 0 spiro atoms. The lowest BCUT2D eigenvalue weighted by Crippen LogP contribution is -2.33. The first-order valence-electron chi connectivity index (χ1n) is 8.52. The van der Waals surface area contributed by atoms with Gasteiger partial charge in [0, 0.05) is 23.7 Å². The number of nitrogens with zero attached hydrogens (tertiary/aromatic N) is 2. The molecular formula is C19H18N3O6-. The summed E-state index contributed by atoms with van der Waals surface area (Å²) in [5, 5.41) is 11.5. The highest BCUT2D eigenvalue weighted by Gasteiger charge is 2.18. The molecule has 9 heteroatoms. The summed E-state index contributed by atoms with van der Waals surface area (Å²) < 4.78 is 11.8. The lowest BCUT2D eigenvalue weighted by atomic mass is 10.1. The summed E-state index contributed by atoms with van der Waals surface area (Å²) in [4.78, 5) is 42.8. The van der Waals surface area contributed by atoms with Crippen LogP contribution in [0.5, 0.6) is 11.5 Å². The Balaban J connectivity index is 2.43. The second-order valence-corrected chi connectivity index (χ2v) is 6.02. The normalized spacial score (nSPS) is 10.8. The summed E-state index contributed by atoms with van der Waals surface area (Å²) in [6.07, 6.45) is 0.583. The highest BCUT2D eigenvalue weighted by atomic mass is 16.5. The monoisotopic (exact) mass is 384 g/mol. The van der Waals surface area contributed by atoms with Gasteiger partial charge in [0.2, 0.25) is 0 Å². The molecule has 0 amide bonds. The topological polar surface area (TPSA) is 126 Å². The van der Waals surface area contributed by atoms with Crippen molar-refractivity contribution in [2.75, 3.05) is 14.2 Å². The first-order chi connectivity index (χ1) is 13.4. The predicted molar refractivity (Wildman–Crippen MR) is 99.8 cm³/mol. The molecule has 0 atom stereocenters. The number of carbonyl (C=O) groups is 1. The van der Waals surface area contributed by atoms with E-state index in [9.17, 15) is 19.5 Å². The fraction of sp³-hybridized carbons (Fsp3) is 0.263. The zero-order valence-corrected chi connectivity index (χ0v) is 15.6. The van der Waals surface area contributed by atoms with Crippen LogP contribution in [0, 0.1) is 0 Å². The standard InChI is InChI=1S/C19H19N3O6/c1-4-7-22-16-15(17(23)21-19(22)26)12(18(24)25)9-13(20-16)11-6-5-10(27-2)8-14(11)28-3/h5-6,8-9H,4,7H2,1-3H3,(H,24,25)(H,21,23,26)/p-1. The van der Waals surface area contributed by atoms with Crippen molar-refractivity contribution in [3.05, 3.63) is 50.7 Å². The molecule has 0 saturated heterocycles. The third-order valence-electron chi connectivity index (χ3n) is 4.30. The number of carboxylic acids is 1. The van der Waals surface area contributed by atoms with E-state index in [0.717, 1.165) is 0 Å². The molecule has 0 bridgehead atoms. The summed E-state index contributed by atoms with van der Waals surface area (Å²) in [7, 11) is 2.96. The number of H-pyrrole nitrogens is 1. The van der Waals surface area contributed by atoms with Gasteiger partial charge in [-0.05, 0) is 24.6 Å². The molecule has 2 heterocycles. The molecular weight excluding hydrogens is 366 g/mol. The molecule has 2 aromatic heterocycles. The Morgan fingerprint density at radius 2 is 1.96 bits per heavy atom. The number of ether oxygens (including phenoxy) is 2. The summed E-state index contributed by atoms with van der Waals surface area (Å²) in [6.45, 7) is 2.11. The van der Waals surface area contributed by atoms with Gasteiger partial charge in [-0.3, -0.25) is 14.3 Å². The van der Waals surface area contributed by atoms with Gasteiger partial charge in [0.15, 0.2) is 5.65 Å². The van der Waals surface area contributed by atoms with E-state index in [1.165, 1.54) is 24.9 Å². The number of aromatic amines is 1. The van der Waals surface area contributed by atoms with Gasteiger partial charge < -0.3 is 19.4 Å². The summed E-state index contributed by atoms with van der Waals surface area (Å²) in [5.74, 6) is -0.612. The second-order valence-electron chi connectivity index (χ2n) is 6.02. The average Bonchev–Trinajstić information content (AvgIpc) is 2.69. The number of hydrogen-bond donors (Lipinski definition) is 1. The molecule has 3 rings (SSSR count). The first-order valence-corrected chi connectivity index (χ1v) is 8.52. The van der Waals surface area contributed by atoms with E-state index in [0.29, 0.717) is 23.5 Å². The molecule has 3 aromatic rings. The Labute approximate surface area is 159 Å². The molecule has 146 valence electrons. The number of methoxy groups -OCH3 is 2. The van der Waals surface area contributed by atoms with Crippen LogP contribution in [0.15, 0.2) is 33.9 Å². The molecule has 0 saturated carbocycles. The summed E-state index contributed by atoms with van der Waals surface area (Å²) >= 11 is 0. The maximum Gasteiger partial charge on any atom is 0.329 e. The van der Waals surface area contributed by atoms with E-state index in [1.54, 1.807) is 18.2 Å². The summed E-state index contributed by atoms with van der Waals surface area (Å²) in [5.41, 5.74) is -1.17. The fourth-order valence-electron chi connectivity index (χ4n) is 3.01. The number of rotatable bonds is 6. The van der Waals surface area contributed by atoms with Gasteiger partial charge >= 0.3 is 5.69 Å². The maximum absolute atomic E-state index is 12.3. The molecule has 1 aromatic carbocycles. The van der Waals surface area contributed by atoms with Crippen molar-refractivity contribution in [2.24, 2.45) is 0 Å². The fourth-order valence-corrected chi connectivity index (χ4v) is 3.01. The van der Waals surface area contributed by atoms with Crippen LogP contribution in [0.3, 0.4) is 0 Å². The molecule has 1 N–H and O–H groups in total. The molecule has 0 aliphatic heterocycles. The Morgan fingerprint density at radius 1 is 1.21 bits per heavy atom. The summed E-state index contributed by atoms with van der Waals surface area (Å²) in [6, 6.07) is 6.18. The highest BCUT2D eigenvalue weighted by molar-refractivity contribution is 6.01. The third kappa shape index (κ3) is 3.22. The molecule has 9 nitrogen and oxygen atoms in total. The lowest BCUT2D eigenvalue weighted by Gasteiger charge is -2.15. The molecule has 0 aliphatic rings. The first kappa shape index (κ1) is 19.2. The van der Waals surface area contributed by atoms with Gasteiger partial charge in [0.25, 0.3) is 5.56 Å².